The van der Waals surface area contributed by atoms with E-state index in [0.29, 0.717) is 11.8 Å². The molecule has 2 rings (SSSR count). The molecule has 2 aliphatic rings. The molecule has 2 aliphatic heterocycles. The third-order valence-corrected chi connectivity index (χ3v) is 4.95. The van der Waals surface area contributed by atoms with Gasteiger partial charge in [0.1, 0.15) is 0 Å². The highest BCUT2D eigenvalue weighted by molar-refractivity contribution is 8.00. The molecule has 0 saturated carbocycles. The number of nitrogens with zero attached hydrogens (tertiary/aromatic N) is 1. The second kappa shape index (κ2) is 5.92. The Hall–Kier alpha value is -0.220. The van der Waals surface area contributed by atoms with E-state index in [2.05, 4.69) is 0 Å². The lowest BCUT2D eigenvalue weighted by atomic mass is 10.1. The number of hydrogen-bond acceptors (Lipinski definition) is 3. The molecule has 0 aliphatic carbocycles. The van der Waals surface area contributed by atoms with Gasteiger partial charge in [0.15, 0.2) is 0 Å². The number of hydrogen-bond donors (Lipinski definition) is 1. The zero-order valence-electron chi connectivity index (χ0n) is 9.73. The fraction of sp³-hybridized carbons (Fsp3) is 0.917. The van der Waals surface area contributed by atoms with E-state index in [4.69, 9.17) is 5.11 Å². The van der Waals surface area contributed by atoms with Gasteiger partial charge in [-0.25, -0.2) is 0 Å². The molecule has 0 aromatic rings. The fourth-order valence-corrected chi connectivity index (χ4v) is 3.87. The molecule has 0 aromatic carbocycles. The second-order valence-corrected chi connectivity index (χ2v) is 6.12. The number of rotatable bonds is 3. The van der Waals surface area contributed by atoms with Gasteiger partial charge < -0.3 is 10.0 Å². The average Bonchev–Trinajstić information content (AvgIpc) is 2.78. The quantitative estimate of drug-likeness (QED) is 0.816. The first-order valence-corrected chi connectivity index (χ1v) is 7.37. The molecule has 4 heteroatoms. The van der Waals surface area contributed by atoms with Gasteiger partial charge in [-0.05, 0) is 37.4 Å². The van der Waals surface area contributed by atoms with Crippen LogP contribution in [-0.4, -0.2) is 46.6 Å². The van der Waals surface area contributed by atoms with Crippen LogP contribution in [0.15, 0.2) is 0 Å². The molecule has 2 unspecified atom stereocenters. The van der Waals surface area contributed by atoms with Gasteiger partial charge >= 0.3 is 0 Å². The molecule has 1 amide bonds. The van der Waals surface area contributed by atoms with Gasteiger partial charge in [-0.15, -0.1) is 11.8 Å². The summed E-state index contributed by atoms with van der Waals surface area (Å²) in [7, 11) is 0. The standard InChI is InChI=1S/C12H21NO2S/c14-7-5-10-4-6-13(9-10)12(15)11-3-1-2-8-16-11/h10-11,14H,1-9H2. The Kier molecular flexibility index (Phi) is 4.53. The summed E-state index contributed by atoms with van der Waals surface area (Å²) in [5.41, 5.74) is 0. The van der Waals surface area contributed by atoms with Crippen LogP contribution in [0.2, 0.25) is 0 Å². The predicted octanol–water partition coefficient (Wildman–Crippen LogP) is 1.50. The number of carbonyl (C=O) groups is 1. The van der Waals surface area contributed by atoms with E-state index >= 15 is 0 Å². The zero-order valence-corrected chi connectivity index (χ0v) is 10.5. The summed E-state index contributed by atoms with van der Waals surface area (Å²) in [6.45, 7) is 2.03. The smallest absolute Gasteiger partial charge is 0.235 e. The largest absolute Gasteiger partial charge is 0.396 e. The van der Waals surface area contributed by atoms with Crippen molar-refractivity contribution < 1.29 is 9.90 Å². The fourth-order valence-electron chi connectivity index (χ4n) is 2.59. The minimum absolute atomic E-state index is 0.224. The van der Waals surface area contributed by atoms with Crippen LogP contribution in [0.4, 0.5) is 0 Å². The van der Waals surface area contributed by atoms with Crippen LogP contribution in [0.5, 0.6) is 0 Å². The highest BCUT2D eigenvalue weighted by Crippen LogP contribution is 2.29. The number of aliphatic hydroxyl groups is 1. The minimum atomic E-state index is 0.224. The van der Waals surface area contributed by atoms with Gasteiger partial charge in [-0.1, -0.05) is 6.42 Å². The number of amides is 1. The van der Waals surface area contributed by atoms with Crippen LogP contribution < -0.4 is 0 Å². The summed E-state index contributed by atoms with van der Waals surface area (Å²) in [4.78, 5) is 14.2. The summed E-state index contributed by atoms with van der Waals surface area (Å²) in [6.07, 6.45) is 5.45. The molecular formula is C12H21NO2S. The van der Waals surface area contributed by atoms with E-state index in [9.17, 15) is 4.79 Å². The van der Waals surface area contributed by atoms with E-state index in [-0.39, 0.29) is 11.9 Å². The topological polar surface area (TPSA) is 40.5 Å². The third kappa shape index (κ3) is 2.92. The van der Waals surface area contributed by atoms with Gasteiger partial charge in [0.05, 0.1) is 5.25 Å². The molecule has 0 radical (unpaired) electrons. The van der Waals surface area contributed by atoms with Crippen molar-refractivity contribution in [3.63, 3.8) is 0 Å². The van der Waals surface area contributed by atoms with Crippen molar-refractivity contribution in [1.29, 1.82) is 0 Å². The zero-order chi connectivity index (χ0) is 11.4. The van der Waals surface area contributed by atoms with Crippen molar-refractivity contribution in [2.24, 2.45) is 5.92 Å². The molecule has 2 heterocycles. The molecule has 92 valence electrons. The van der Waals surface area contributed by atoms with Crippen molar-refractivity contribution in [3.05, 3.63) is 0 Å². The Morgan fingerprint density at radius 3 is 2.94 bits per heavy atom. The Bertz CT molecular complexity index is 241. The van der Waals surface area contributed by atoms with Gasteiger partial charge in [-0.2, -0.15) is 0 Å². The number of thioether (sulfide) groups is 1. The normalized spacial score (nSPS) is 30.7. The Labute approximate surface area is 102 Å². The molecule has 0 bridgehead atoms. The van der Waals surface area contributed by atoms with Crippen LogP contribution in [0.25, 0.3) is 0 Å². The average molecular weight is 243 g/mol. The lowest BCUT2D eigenvalue weighted by molar-refractivity contribution is -0.129. The second-order valence-electron chi connectivity index (χ2n) is 4.81. The molecule has 2 saturated heterocycles. The first-order valence-electron chi connectivity index (χ1n) is 6.32. The molecule has 0 aromatic heterocycles. The van der Waals surface area contributed by atoms with Gasteiger partial charge in [0, 0.05) is 19.7 Å². The molecule has 16 heavy (non-hydrogen) atoms. The summed E-state index contributed by atoms with van der Waals surface area (Å²) >= 11 is 1.83. The SMILES string of the molecule is O=C(C1CCCCS1)N1CCC(CCO)C1. The van der Waals surface area contributed by atoms with E-state index in [1.54, 1.807) is 0 Å². The van der Waals surface area contributed by atoms with Crippen LogP contribution in [-0.2, 0) is 4.79 Å². The van der Waals surface area contributed by atoms with Crippen molar-refractivity contribution in [2.75, 3.05) is 25.4 Å². The minimum Gasteiger partial charge on any atom is -0.396 e. The Morgan fingerprint density at radius 2 is 2.25 bits per heavy atom. The number of likely N-dealkylation sites (tertiary alicyclic amines) is 1. The maximum Gasteiger partial charge on any atom is 0.235 e. The van der Waals surface area contributed by atoms with Crippen molar-refractivity contribution >= 4 is 17.7 Å². The molecule has 3 nitrogen and oxygen atoms in total. The lowest BCUT2D eigenvalue weighted by Gasteiger charge is -2.25. The molecule has 0 spiro atoms. The highest BCUT2D eigenvalue weighted by atomic mass is 32.2. The first-order chi connectivity index (χ1) is 7.81. The molecule has 2 fully saturated rings. The Balaban J connectivity index is 1.81. The van der Waals surface area contributed by atoms with Crippen LogP contribution in [0.1, 0.15) is 32.1 Å². The van der Waals surface area contributed by atoms with Crippen molar-refractivity contribution in [2.45, 2.75) is 37.4 Å². The lowest BCUT2D eigenvalue weighted by Crippen LogP contribution is -2.37. The van der Waals surface area contributed by atoms with Crippen LogP contribution >= 0.6 is 11.8 Å². The first kappa shape index (κ1) is 12.2. The van der Waals surface area contributed by atoms with Gasteiger partial charge in [0.2, 0.25) is 5.91 Å². The van der Waals surface area contributed by atoms with E-state index in [1.165, 1.54) is 12.8 Å². The van der Waals surface area contributed by atoms with Crippen LogP contribution in [0.3, 0.4) is 0 Å². The third-order valence-electron chi connectivity index (χ3n) is 3.59. The Morgan fingerprint density at radius 1 is 1.38 bits per heavy atom. The predicted molar refractivity (Wildman–Crippen MR) is 66.5 cm³/mol. The van der Waals surface area contributed by atoms with E-state index in [0.717, 1.165) is 38.1 Å². The maximum atomic E-state index is 12.2. The highest BCUT2D eigenvalue weighted by Gasteiger charge is 2.31. The van der Waals surface area contributed by atoms with Gasteiger partial charge in [0.25, 0.3) is 0 Å². The summed E-state index contributed by atoms with van der Waals surface area (Å²) < 4.78 is 0. The number of aliphatic hydroxyl groups excluding tert-OH is 1. The van der Waals surface area contributed by atoms with E-state index in [1.807, 2.05) is 16.7 Å². The van der Waals surface area contributed by atoms with Crippen LogP contribution in [0, 0.1) is 5.92 Å². The van der Waals surface area contributed by atoms with E-state index < -0.39 is 0 Å². The van der Waals surface area contributed by atoms with Crippen molar-refractivity contribution in [1.82, 2.24) is 4.90 Å². The number of carbonyl (C=O) groups excluding carboxylic acids is 1. The monoisotopic (exact) mass is 243 g/mol. The molecule has 2 atom stereocenters. The van der Waals surface area contributed by atoms with Gasteiger partial charge in [-0.3, -0.25) is 4.79 Å². The molecule has 1 N–H and O–H groups in total. The summed E-state index contributed by atoms with van der Waals surface area (Å²) in [5.74, 6) is 2.03. The summed E-state index contributed by atoms with van der Waals surface area (Å²) in [6, 6.07) is 0. The van der Waals surface area contributed by atoms with Crippen molar-refractivity contribution in [3.8, 4) is 0 Å². The maximum absolute atomic E-state index is 12.2. The summed E-state index contributed by atoms with van der Waals surface area (Å²) in [5, 5.41) is 9.12. The molecular weight excluding hydrogens is 222 g/mol.